The van der Waals surface area contributed by atoms with Crippen molar-refractivity contribution in [2.24, 2.45) is 0 Å². The lowest BCUT2D eigenvalue weighted by atomic mass is 10.1. The maximum absolute atomic E-state index is 12.0. The number of amides is 1. The van der Waals surface area contributed by atoms with Crippen LogP contribution < -0.4 is 10.1 Å². The number of carboxylic acid groups (broad SMARTS) is 1. The number of rotatable bonds is 7. The highest BCUT2D eigenvalue weighted by atomic mass is 79.9. The molecular formula is C16H16BrNO4S. The van der Waals surface area contributed by atoms with E-state index in [1.54, 1.807) is 29.5 Å². The van der Waals surface area contributed by atoms with Gasteiger partial charge in [-0.2, -0.15) is 0 Å². The minimum Gasteiger partial charge on any atom is -0.496 e. The van der Waals surface area contributed by atoms with Gasteiger partial charge in [-0.1, -0.05) is 12.1 Å². The van der Waals surface area contributed by atoms with Gasteiger partial charge in [0.1, 0.15) is 5.75 Å². The molecule has 0 saturated heterocycles. The molecule has 7 heteroatoms. The number of nitrogens with one attached hydrogen (secondary N) is 1. The molecular weight excluding hydrogens is 382 g/mol. The van der Waals surface area contributed by atoms with Gasteiger partial charge >= 0.3 is 5.97 Å². The lowest BCUT2D eigenvalue weighted by molar-refractivity contribution is -0.142. The van der Waals surface area contributed by atoms with Crippen molar-refractivity contribution in [1.29, 1.82) is 0 Å². The van der Waals surface area contributed by atoms with Gasteiger partial charge in [-0.05, 0) is 51.5 Å². The zero-order chi connectivity index (χ0) is 16.8. The summed E-state index contributed by atoms with van der Waals surface area (Å²) in [4.78, 5) is 24.6. The molecule has 122 valence electrons. The van der Waals surface area contributed by atoms with Crippen LogP contribution >= 0.6 is 27.3 Å². The Bertz CT molecular complexity index is 687. The molecule has 0 fully saturated rings. The Morgan fingerprint density at radius 2 is 2.17 bits per heavy atom. The molecule has 1 heterocycles. The zero-order valence-corrected chi connectivity index (χ0v) is 14.8. The molecule has 2 aromatic rings. The number of halogens is 1. The van der Waals surface area contributed by atoms with Crippen molar-refractivity contribution in [2.75, 3.05) is 7.11 Å². The molecule has 1 atom stereocenters. The third-order valence-electron chi connectivity index (χ3n) is 3.24. The molecule has 1 aromatic heterocycles. The van der Waals surface area contributed by atoms with Crippen LogP contribution in [-0.4, -0.2) is 24.1 Å². The predicted octanol–water partition coefficient (Wildman–Crippen LogP) is 3.39. The second-order valence-corrected chi connectivity index (χ2v) is 6.70. The second kappa shape index (κ2) is 8.12. The number of carbonyl (C=O) groups is 2. The number of hydrogen-bond donors (Lipinski definition) is 2. The van der Waals surface area contributed by atoms with Crippen LogP contribution in [0.2, 0.25) is 0 Å². The molecule has 0 aliphatic heterocycles. The number of ether oxygens (including phenoxy) is 1. The van der Waals surface area contributed by atoms with E-state index < -0.39 is 12.0 Å². The van der Waals surface area contributed by atoms with Gasteiger partial charge in [0.25, 0.3) is 0 Å². The highest BCUT2D eigenvalue weighted by molar-refractivity contribution is 9.10. The van der Waals surface area contributed by atoms with E-state index in [-0.39, 0.29) is 12.3 Å². The van der Waals surface area contributed by atoms with Crippen molar-refractivity contribution in [2.45, 2.75) is 18.9 Å². The molecule has 23 heavy (non-hydrogen) atoms. The minimum absolute atomic E-state index is 0.252. The summed E-state index contributed by atoms with van der Waals surface area (Å²) >= 11 is 4.89. The van der Waals surface area contributed by atoms with Crippen molar-refractivity contribution in [1.82, 2.24) is 5.32 Å². The van der Waals surface area contributed by atoms with E-state index in [1.807, 2.05) is 17.5 Å². The van der Waals surface area contributed by atoms with E-state index >= 15 is 0 Å². The summed E-state index contributed by atoms with van der Waals surface area (Å²) in [5, 5.41) is 13.9. The molecule has 0 bridgehead atoms. The SMILES string of the molecule is COc1ccc(C(NC(=O)CCc2cccs2)C(=O)O)cc1Br. The van der Waals surface area contributed by atoms with Crippen LogP contribution in [0.25, 0.3) is 0 Å². The first-order valence-electron chi connectivity index (χ1n) is 6.89. The van der Waals surface area contributed by atoms with E-state index in [0.717, 1.165) is 4.88 Å². The maximum Gasteiger partial charge on any atom is 0.330 e. The van der Waals surface area contributed by atoms with Gasteiger partial charge in [-0.15, -0.1) is 11.3 Å². The Morgan fingerprint density at radius 3 is 2.74 bits per heavy atom. The quantitative estimate of drug-likeness (QED) is 0.750. The predicted molar refractivity (Wildman–Crippen MR) is 91.9 cm³/mol. The number of carboxylic acids is 1. The third-order valence-corrected chi connectivity index (χ3v) is 4.80. The van der Waals surface area contributed by atoms with Crippen LogP contribution in [0, 0.1) is 0 Å². The summed E-state index contributed by atoms with van der Waals surface area (Å²) in [7, 11) is 1.53. The first-order chi connectivity index (χ1) is 11.0. The molecule has 0 aliphatic rings. The lowest BCUT2D eigenvalue weighted by Gasteiger charge is -2.16. The van der Waals surface area contributed by atoms with Gasteiger partial charge in [-0.25, -0.2) is 4.79 Å². The number of aryl methyl sites for hydroxylation is 1. The third kappa shape index (κ3) is 4.80. The van der Waals surface area contributed by atoms with E-state index in [4.69, 9.17) is 4.74 Å². The zero-order valence-electron chi connectivity index (χ0n) is 12.4. The summed E-state index contributed by atoms with van der Waals surface area (Å²) in [6.07, 6.45) is 0.851. The fourth-order valence-corrected chi connectivity index (χ4v) is 3.34. The van der Waals surface area contributed by atoms with Crippen LogP contribution in [0.4, 0.5) is 0 Å². The molecule has 1 unspecified atom stereocenters. The maximum atomic E-state index is 12.0. The van der Waals surface area contributed by atoms with Gasteiger partial charge in [-0.3, -0.25) is 4.79 Å². The van der Waals surface area contributed by atoms with Gasteiger partial charge < -0.3 is 15.2 Å². The molecule has 1 amide bonds. The van der Waals surface area contributed by atoms with Crippen molar-refractivity contribution in [3.63, 3.8) is 0 Å². The molecule has 2 rings (SSSR count). The van der Waals surface area contributed by atoms with Gasteiger partial charge in [0.05, 0.1) is 11.6 Å². The smallest absolute Gasteiger partial charge is 0.330 e. The Kier molecular flexibility index (Phi) is 6.18. The lowest BCUT2D eigenvalue weighted by Crippen LogP contribution is -2.33. The molecule has 0 aliphatic carbocycles. The number of hydrogen-bond acceptors (Lipinski definition) is 4. The number of thiophene rings is 1. The first-order valence-corrected chi connectivity index (χ1v) is 8.56. The second-order valence-electron chi connectivity index (χ2n) is 4.81. The van der Waals surface area contributed by atoms with E-state index in [2.05, 4.69) is 21.2 Å². The van der Waals surface area contributed by atoms with Gasteiger partial charge in [0.2, 0.25) is 5.91 Å². The van der Waals surface area contributed by atoms with Crippen LogP contribution in [-0.2, 0) is 16.0 Å². The Labute approximate surface area is 146 Å². The summed E-state index contributed by atoms with van der Waals surface area (Å²) in [5.74, 6) is -0.800. The van der Waals surface area contributed by atoms with Crippen molar-refractivity contribution < 1.29 is 19.4 Å². The standard InChI is InChI=1S/C16H16BrNO4S/c1-22-13-6-4-10(9-12(13)17)15(16(20)21)18-14(19)7-5-11-3-2-8-23-11/h2-4,6,8-9,15H,5,7H2,1H3,(H,18,19)(H,20,21). The number of carbonyl (C=O) groups excluding carboxylic acids is 1. The summed E-state index contributed by atoms with van der Waals surface area (Å²) in [5.41, 5.74) is 0.481. The minimum atomic E-state index is -1.11. The summed E-state index contributed by atoms with van der Waals surface area (Å²) in [6, 6.07) is 7.71. The average molecular weight is 398 g/mol. The fourth-order valence-electron chi connectivity index (χ4n) is 2.07. The van der Waals surface area contributed by atoms with Crippen LogP contribution in [0.1, 0.15) is 22.9 Å². The van der Waals surface area contributed by atoms with Gasteiger partial charge in [0.15, 0.2) is 6.04 Å². The molecule has 2 N–H and O–H groups in total. The van der Waals surface area contributed by atoms with Crippen molar-refractivity contribution in [3.8, 4) is 5.75 Å². The molecule has 1 aromatic carbocycles. The summed E-state index contributed by atoms with van der Waals surface area (Å²) < 4.78 is 5.76. The monoisotopic (exact) mass is 397 g/mol. The average Bonchev–Trinajstić information content (AvgIpc) is 3.03. The molecule has 0 saturated carbocycles. The largest absolute Gasteiger partial charge is 0.496 e. The highest BCUT2D eigenvalue weighted by Crippen LogP contribution is 2.28. The first kappa shape index (κ1) is 17.5. The van der Waals surface area contributed by atoms with Crippen LogP contribution in [0.15, 0.2) is 40.2 Å². The van der Waals surface area contributed by atoms with Gasteiger partial charge in [0, 0.05) is 11.3 Å². The molecule has 5 nitrogen and oxygen atoms in total. The van der Waals surface area contributed by atoms with Crippen molar-refractivity contribution >= 4 is 39.1 Å². The Morgan fingerprint density at radius 1 is 1.39 bits per heavy atom. The number of benzene rings is 1. The van der Waals surface area contributed by atoms with E-state index in [0.29, 0.717) is 22.2 Å². The van der Waals surface area contributed by atoms with Crippen LogP contribution in [0.3, 0.4) is 0 Å². The Balaban J connectivity index is 2.04. The summed E-state index contributed by atoms with van der Waals surface area (Å²) in [6.45, 7) is 0. The fraction of sp³-hybridized carbons (Fsp3) is 0.250. The highest BCUT2D eigenvalue weighted by Gasteiger charge is 2.22. The van der Waals surface area contributed by atoms with E-state index in [9.17, 15) is 14.7 Å². The molecule has 0 spiro atoms. The topological polar surface area (TPSA) is 75.6 Å². The Hall–Kier alpha value is -1.86. The number of aliphatic carboxylic acids is 1. The normalized spacial score (nSPS) is 11.7. The molecule has 0 radical (unpaired) electrons. The van der Waals surface area contributed by atoms with Crippen LogP contribution in [0.5, 0.6) is 5.75 Å². The number of methoxy groups -OCH3 is 1. The van der Waals surface area contributed by atoms with E-state index in [1.165, 1.54) is 7.11 Å². The van der Waals surface area contributed by atoms with Crippen molar-refractivity contribution in [3.05, 3.63) is 50.6 Å².